The van der Waals surface area contributed by atoms with Gasteiger partial charge in [-0.3, -0.25) is 5.41 Å². The van der Waals surface area contributed by atoms with Crippen LogP contribution in [0.25, 0.3) is 0 Å². The summed E-state index contributed by atoms with van der Waals surface area (Å²) in [6.45, 7) is 0.639. The summed E-state index contributed by atoms with van der Waals surface area (Å²) in [7, 11) is 1.63. The average molecular weight is 222 g/mol. The lowest BCUT2D eigenvalue weighted by molar-refractivity contribution is 0.305. The smallest absolute Gasteiger partial charge is 0.122 e. The molecule has 0 atom stereocenters. The van der Waals surface area contributed by atoms with Gasteiger partial charge in [-0.2, -0.15) is 0 Å². The first kappa shape index (κ1) is 12.4. The summed E-state index contributed by atoms with van der Waals surface area (Å²) in [4.78, 5) is 0. The number of rotatable bonds is 7. The molecule has 1 rings (SSSR count). The van der Waals surface area contributed by atoms with Crippen LogP contribution in [0.15, 0.2) is 24.3 Å². The third-order valence-electron chi connectivity index (χ3n) is 2.15. The molecule has 0 fully saturated rings. The summed E-state index contributed by atoms with van der Waals surface area (Å²) in [6, 6.07) is 7.52. The van der Waals surface area contributed by atoms with Crippen LogP contribution >= 0.6 is 0 Å². The largest absolute Gasteiger partial charge is 0.497 e. The predicted octanol–water partition coefficient (Wildman–Crippen LogP) is 2.18. The van der Waals surface area contributed by atoms with Crippen LogP contribution in [-0.2, 0) is 0 Å². The van der Waals surface area contributed by atoms with Gasteiger partial charge in [0.15, 0.2) is 0 Å². The quantitative estimate of drug-likeness (QED) is 0.422. The van der Waals surface area contributed by atoms with E-state index in [1.807, 2.05) is 24.3 Å². The number of hydrogen-bond donors (Lipinski definition) is 2. The van der Waals surface area contributed by atoms with Gasteiger partial charge in [-0.05, 0) is 25.0 Å². The maximum Gasteiger partial charge on any atom is 0.122 e. The Morgan fingerprint density at radius 3 is 2.75 bits per heavy atom. The summed E-state index contributed by atoms with van der Waals surface area (Å²) in [5.74, 6) is 1.84. The molecule has 0 aromatic heterocycles. The number of nitrogens with one attached hydrogen (secondary N) is 1. The van der Waals surface area contributed by atoms with Crippen LogP contribution in [0, 0.1) is 5.41 Å². The van der Waals surface area contributed by atoms with Crippen LogP contribution in [0.5, 0.6) is 11.5 Å². The molecular weight excluding hydrogens is 204 g/mol. The van der Waals surface area contributed by atoms with Crippen molar-refractivity contribution in [3.8, 4) is 11.5 Å². The van der Waals surface area contributed by atoms with E-state index in [0.29, 0.717) is 13.0 Å². The van der Waals surface area contributed by atoms with E-state index >= 15 is 0 Å². The molecule has 0 bridgehead atoms. The highest BCUT2D eigenvalue weighted by Crippen LogP contribution is 2.18. The lowest BCUT2D eigenvalue weighted by Crippen LogP contribution is -2.09. The molecule has 0 amide bonds. The number of methoxy groups -OCH3 is 1. The minimum absolute atomic E-state index is 0.237. The predicted molar refractivity (Wildman–Crippen MR) is 64.3 cm³/mol. The Labute approximate surface area is 95.9 Å². The van der Waals surface area contributed by atoms with Crippen molar-refractivity contribution in [2.45, 2.75) is 19.3 Å². The molecule has 0 spiro atoms. The van der Waals surface area contributed by atoms with E-state index in [9.17, 15) is 0 Å². The Morgan fingerprint density at radius 2 is 2.06 bits per heavy atom. The molecule has 3 N–H and O–H groups in total. The monoisotopic (exact) mass is 222 g/mol. The number of unbranched alkanes of at least 4 members (excludes halogenated alkanes) is 1. The minimum atomic E-state index is 0.237. The van der Waals surface area contributed by atoms with E-state index in [4.69, 9.17) is 20.6 Å². The number of ether oxygens (including phenoxy) is 2. The van der Waals surface area contributed by atoms with Gasteiger partial charge in [-0.15, -0.1) is 0 Å². The molecule has 0 aliphatic rings. The molecule has 0 saturated heterocycles. The second kappa shape index (κ2) is 6.71. The van der Waals surface area contributed by atoms with Gasteiger partial charge in [-0.25, -0.2) is 0 Å². The highest BCUT2D eigenvalue weighted by atomic mass is 16.5. The molecule has 4 nitrogen and oxygen atoms in total. The molecule has 0 aliphatic heterocycles. The van der Waals surface area contributed by atoms with Gasteiger partial charge in [0.2, 0.25) is 0 Å². The Bertz CT molecular complexity index is 340. The Hall–Kier alpha value is -1.71. The van der Waals surface area contributed by atoms with Crippen molar-refractivity contribution < 1.29 is 9.47 Å². The van der Waals surface area contributed by atoms with Crippen LogP contribution in [0.1, 0.15) is 19.3 Å². The second-order valence-corrected chi connectivity index (χ2v) is 3.51. The van der Waals surface area contributed by atoms with Crippen molar-refractivity contribution in [2.75, 3.05) is 13.7 Å². The Morgan fingerprint density at radius 1 is 1.31 bits per heavy atom. The van der Waals surface area contributed by atoms with E-state index in [1.165, 1.54) is 0 Å². The zero-order chi connectivity index (χ0) is 11.8. The normalized spacial score (nSPS) is 9.81. The molecule has 0 heterocycles. The Kier molecular flexibility index (Phi) is 5.19. The number of amidine groups is 1. The molecule has 88 valence electrons. The summed E-state index contributed by atoms with van der Waals surface area (Å²) in [5.41, 5.74) is 5.25. The SMILES string of the molecule is COc1cccc(OCCCCC(=N)N)c1. The average Bonchev–Trinajstić information content (AvgIpc) is 2.28. The first-order valence-corrected chi connectivity index (χ1v) is 5.32. The van der Waals surface area contributed by atoms with Gasteiger partial charge in [0.05, 0.1) is 19.6 Å². The highest BCUT2D eigenvalue weighted by molar-refractivity contribution is 5.76. The number of hydrogen-bond acceptors (Lipinski definition) is 3. The van der Waals surface area contributed by atoms with Crippen molar-refractivity contribution in [1.82, 2.24) is 0 Å². The highest BCUT2D eigenvalue weighted by Gasteiger charge is 1.97. The van der Waals surface area contributed by atoms with Crippen LogP contribution in [0.2, 0.25) is 0 Å². The van der Waals surface area contributed by atoms with Gasteiger partial charge in [0, 0.05) is 12.5 Å². The molecule has 16 heavy (non-hydrogen) atoms. The van der Waals surface area contributed by atoms with Crippen molar-refractivity contribution in [3.05, 3.63) is 24.3 Å². The summed E-state index contributed by atoms with van der Waals surface area (Å²) >= 11 is 0. The van der Waals surface area contributed by atoms with E-state index in [2.05, 4.69) is 0 Å². The molecule has 0 unspecified atom stereocenters. The zero-order valence-electron chi connectivity index (χ0n) is 9.53. The van der Waals surface area contributed by atoms with Crippen LogP contribution < -0.4 is 15.2 Å². The van der Waals surface area contributed by atoms with Crippen LogP contribution in [-0.4, -0.2) is 19.6 Å². The number of nitrogens with two attached hydrogens (primary N) is 1. The van der Waals surface area contributed by atoms with Gasteiger partial charge in [0.1, 0.15) is 11.5 Å². The molecular formula is C12H18N2O2. The zero-order valence-corrected chi connectivity index (χ0v) is 9.53. The first-order chi connectivity index (χ1) is 7.72. The van der Waals surface area contributed by atoms with Crippen molar-refractivity contribution in [3.63, 3.8) is 0 Å². The van der Waals surface area contributed by atoms with Gasteiger partial charge >= 0.3 is 0 Å². The van der Waals surface area contributed by atoms with Gasteiger partial charge in [-0.1, -0.05) is 6.07 Å². The maximum absolute atomic E-state index is 7.07. The number of benzene rings is 1. The van der Waals surface area contributed by atoms with E-state index < -0.39 is 0 Å². The molecule has 0 radical (unpaired) electrons. The maximum atomic E-state index is 7.07. The standard InChI is InChI=1S/C12H18N2O2/c1-15-10-5-4-6-11(9-10)16-8-3-2-7-12(13)14/h4-6,9H,2-3,7-8H2,1H3,(H3,13,14). The fourth-order valence-electron chi connectivity index (χ4n) is 1.30. The summed E-state index contributed by atoms with van der Waals surface area (Å²) in [5, 5.41) is 7.07. The van der Waals surface area contributed by atoms with E-state index in [1.54, 1.807) is 7.11 Å². The molecule has 0 saturated carbocycles. The van der Waals surface area contributed by atoms with Crippen molar-refractivity contribution >= 4 is 5.84 Å². The third kappa shape index (κ3) is 4.68. The third-order valence-corrected chi connectivity index (χ3v) is 2.15. The summed E-state index contributed by atoms with van der Waals surface area (Å²) < 4.78 is 10.6. The van der Waals surface area contributed by atoms with Gasteiger partial charge in [0.25, 0.3) is 0 Å². The van der Waals surface area contributed by atoms with E-state index in [0.717, 1.165) is 24.3 Å². The second-order valence-electron chi connectivity index (χ2n) is 3.51. The molecule has 1 aromatic rings. The molecule has 1 aromatic carbocycles. The fraction of sp³-hybridized carbons (Fsp3) is 0.417. The summed E-state index contributed by atoms with van der Waals surface area (Å²) in [6.07, 6.45) is 2.43. The molecule has 0 aliphatic carbocycles. The van der Waals surface area contributed by atoms with Crippen molar-refractivity contribution in [1.29, 1.82) is 5.41 Å². The van der Waals surface area contributed by atoms with Gasteiger partial charge < -0.3 is 15.2 Å². The first-order valence-electron chi connectivity index (χ1n) is 5.32. The van der Waals surface area contributed by atoms with Crippen molar-refractivity contribution in [2.24, 2.45) is 5.73 Å². The fourth-order valence-corrected chi connectivity index (χ4v) is 1.30. The van der Waals surface area contributed by atoms with Crippen LogP contribution in [0.4, 0.5) is 0 Å². The van der Waals surface area contributed by atoms with Crippen LogP contribution in [0.3, 0.4) is 0 Å². The lowest BCUT2D eigenvalue weighted by Gasteiger charge is -2.07. The Balaban J connectivity index is 2.23. The lowest BCUT2D eigenvalue weighted by atomic mass is 10.2. The minimum Gasteiger partial charge on any atom is -0.497 e. The topological polar surface area (TPSA) is 68.3 Å². The molecule has 4 heteroatoms. The van der Waals surface area contributed by atoms with E-state index in [-0.39, 0.29) is 5.84 Å².